The van der Waals surface area contributed by atoms with E-state index < -0.39 is 10.0 Å². The average Bonchev–Trinajstić information content (AvgIpc) is 2.82. The summed E-state index contributed by atoms with van der Waals surface area (Å²) in [7, 11) is -1.60. The molecule has 0 aromatic heterocycles. The molecule has 0 saturated carbocycles. The third-order valence-corrected chi connectivity index (χ3v) is 4.99. The van der Waals surface area contributed by atoms with Gasteiger partial charge in [0.2, 0.25) is 10.0 Å². The lowest BCUT2D eigenvalue weighted by Gasteiger charge is -2.11. The van der Waals surface area contributed by atoms with Crippen LogP contribution in [-0.2, 0) is 14.8 Å². The van der Waals surface area contributed by atoms with E-state index in [1.807, 2.05) is 12.1 Å². The monoisotopic (exact) mass is 298 g/mol. The van der Waals surface area contributed by atoms with Gasteiger partial charge in [0.25, 0.3) is 0 Å². The zero-order chi connectivity index (χ0) is 14.4. The van der Waals surface area contributed by atoms with Gasteiger partial charge < -0.3 is 10.1 Å². The lowest BCUT2D eigenvalue weighted by Crippen LogP contribution is -2.29. The number of hydrogen-bond donors (Lipinski definition) is 2. The average molecular weight is 298 g/mol. The van der Waals surface area contributed by atoms with Gasteiger partial charge in [-0.2, -0.15) is 0 Å². The lowest BCUT2D eigenvalue weighted by atomic mass is 9.98. The van der Waals surface area contributed by atoms with Crippen molar-refractivity contribution in [3.05, 3.63) is 29.8 Å². The summed E-state index contributed by atoms with van der Waals surface area (Å²) in [5, 5.41) is 3.35. The van der Waals surface area contributed by atoms with Crippen LogP contribution in [0.25, 0.3) is 0 Å². The fraction of sp³-hybridized carbons (Fsp3) is 0.571. The third kappa shape index (κ3) is 4.19. The predicted octanol–water partition coefficient (Wildman–Crippen LogP) is 1.54. The minimum Gasteiger partial charge on any atom is -0.385 e. The molecule has 1 aliphatic heterocycles. The van der Waals surface area contributed by atoms with Crippen molar-refractivity contribution in [2.24, 2.45) is 0 Å². The molecule has 1 heterocycles. The van der Waals surface area contributed by atoms with E-state index in [0.29, 0.717) is 25.5 Å². The van der Waals surface area contributed by atoms with Crippen LogP contribution in [0.1, 0.15) is 24.3 Å². The van der Waals surface area contributed by atoms with E-state index in [2.05, 4.69) is 22.2 Å². The SMILES string of the molecule is COCCCS(=O)(=O)NCCC1CNc2ccccc21. The first-order valence-corrected chi connectivity index (χ1v) is 8.56. The lowest BCUT2D eigenvalue weighted by molar-refractivity contribution is 0.199. The van der Waals surface area contributed by atoms with Crippen LogP contribution in [0, 0.1) is 0 Å². The van der Waals surface area contributed by atoms with Gasteiger partial charge in [-0.05, 0) is 24.5 Å². The van der Waals surface area contributed by atoms with Gasteiger partial charge in [-0.3, -0.25) is 0 Å². The van der Waals surface area contributed by atoms with Crippen molar-refractivity contribution in [1.82, 2.24) is 4.72 Å². The van der Waals surface area contributed by atoms with Crippen LogP contribution in [0.4, 0.5) is 5.69 Å². The van der Waals surface area contributed by atoms with Crippen molar-refractivity contribution in [2.75, 3.05) is 37.9 Å². The minimum absolute atomic E-state index is 0.125. The van der Waals surface area contributed by atoms with Crippen LogP contribution >= 0.6 is 0 Å². The van der Waals surface area contributed by atoms with Gasteiger partial charge in [-0.15, -0.1) is 0 Å². The number of rotatable bonds is 8. The molecule has 1 aliphatic rings. The number of anilines is 1. The number of fused-ring (bicyclic) bond motifs is 1. The molecule has 1 atom stereocenters. The standard InChI is InChI=1S/C14H22N2O3S/c1-19-9-4-10-20(17,18)16-8-7-12-11-15-14-6-3-2-5-13(12)14/h2-3,5-6,12,15-16H,4,7-11H2,1H3. The van der Waals surface area contributed by atoms with E-state index in [0.717, 1.165) is 13.0 Å². The van der Waals surface area contributed by atoms with Crippen LogP contribution in [0.2, 0.25) is 0 Å². The summed E-state index contributed by atoms with van der Waals surface area (Å²) in [6, 6.07) is 8.19. The van der Waals surface area contributed by atoms with E-state index >= 15 is 0 Å². The van der Waals surface area contributed by atoms with Crippen molar-refractivity contribution in [1.29, 1.82) is 0 Å². The Labute approximate surface area is 120 Å². The molecule has 0 fully saturated rings. The first-order chi connectivity index (χ1) is 9.62. The number of sulfonamides is 1. The Morgan fingerprint density at radius 3 is 3.00 bits per heavy atom. The van der Waals surface area contributed by atoms with Crippen LogP contribution in [0.15, 0.2) is 24.3 Å². The Balaban J connectivity index is 1.77. The molecular formula is C14H22N2O3S. The highest BCUT2D eigenvalue weighted by molar-refractivity contribution is 7.89. The molecule has 6 heteroatoms. The van der Waals surface area contributed by atoms with E-state index in [1.54, 1.807) is 7.11 Å². The van der Waals surface area contributed by atoms with Crippen molar-refractivity contribution in [2.45, 2.75) is 18.8 Å². The van der Waals surface area contributed by atoms with Crippen LogP contribution in [0.3, 0.4) is 0 Å². The molecule has 5 nitrogen and oxygen atoms in total. The van der Waals surface area contributed by atoms with Crippen LogP contribution in [0.5, 0.6) is 0 Å². The molecule has 2 rings (SSSR count). The summed E-state index contributed by atoms with van der Waals surface area (Å²) in [5.41, 5.74) is 2.45. The normalized spacial score (nSPS) is 17.8. The molecule has 1 aromatic rings. The second kappa shape index (κ2) is 7.06. The maximum Gasteiger partial charge on any atom is 0.211 e. The Hall–Kier alpha value is -1.11. The number of hydrogen-bond acceptors (Lipinski definition) is 4. The van der Waals surface area contributed by atoms with E-state index in [1.165, 1.54) is 11.3 Å². The second-order valence-corrected chi connectivity index (χ2v) is 6.94. The Bertz CT molecular complexity index is 531. The Kier molecular flexibility index (Phi) is 5.39. The summed E-state index contributed by atoms with van der Waals surface area (Å²) in [4.78, 5) is 0. The summed E-state index contributed by atoms with van der Waals surface area (Å²) >= 11 is 0. The number of methoxy groups -OCH3 is 1. The molecule has 1 unspecified atom stereocenters. The molecule has 2 N–H and O–H groups in total. The summed E-state index contributed by atoms with van der Waals surface area (Å²) < 4.78 is 31.0. The zero-order valence-corrected chi connectivity index (χ0v) is 12.6. The zero-order valence-electron chi connectivity index (χ0n) is 11.8. The van der Waals surface area contributed by atoms with Crippen molar-refractivity contribution < 1.29 is 13.2 Å². The van der Waals surface area contributed by atoms with Gasteiger partial charge in [-0.25, -0.2) is 13.1 Å². The van der Waals surface area contributed by atoms with Gasteiger partial charge in [0, 0.05) is 38.4 Å². The quantitative estimate of drug-likeness (QED) is 0.715. The van der Waals surface area contributed by atoms with Crippen LogP contribution < -0.4 is 10.0 Å². The molecule has 0 bridgehead atoms. The summed E-state index contributed by atoms with van der Waals surface area (Å²) in [6.45, 7) is 1.83. The van der Waals surface area contributed by atoms with E-state index in [4.69, 9.17) is 4.74 Å². The summed E-state index contributed by atoms with van der Waals surface area (Å²) in [6.07, 6.45) is 1.34. The van der Waals surface area contributed by atoms with E-state index in [9.17, 15) is 8.42 Å². The van der Waals surface area contributed by atoms with Gasteiger partial charge in [0.05, 0.1) is 5.75 Å². The highest BCUT2D eigenvalue weighted by atomic mass is 32.2. The van der Waals surface area contributed by atoms with Gasteiger partial charge >= 0.3 is 0 Å². The molecule has 0 amide bonds. The number of para-hydroxylation sites is 1. The highest BCUT2D eigenvalue weighted by Gasteiger charge is 2.21. The van der Waals surface area contributed by atoms with Crippen molar-refractivity contribution >= 4 is 15.7 Å². The largest absolute Gasteiger partial charge is 0.385 e. The first kappa shape index (κ1) is 15.3. The van der Waals surface area contributed by atoms with Crippen molar-refractivity contribution in [3.8, 4) is 0 Å². The molecule has 1 aromatic carbocycles. The summed E-state index contributed by atoms with van der Waals surface area (Å²) in [5.74, 6) is 0.508. The van der Waals surface area contributed by atoms with Gasteiger partial charge in [-0.1, -0.05) is 18.2 Å². The maximum absolute atomic E-state index is 11.7. The predicted molar refractivity (Wildman–Crippen MR) is 80.6 cm³/mol. The van der Waals surface area contributed by atoms with E-state index in [-0.39, 0.29) is 5.75 Å². The number of ether oxygens (including phenoxy) is 1. The van der Waals surface area contributed by atoms with Gasteiger partial charge in [0.1, 0.15) is 0 Å². The maximum atomic E-state index is 11.7. The minimum atomic E-state index is -3.17. The molecule has 0 saturated heterocycles. The molecule has 0 radical (unpaired) electrons. The van der Waals surface area contributed by atoms with Gasteiger partial charge in [0.15, 0.2) is 0 Å². The number of benzene rings is 1. The topological polar surface area (TPSA) is 67.4 Å². The smallest absolute Gasteiger partial charge is 0.211 e. The molecule has 0 aliphatic carbocycles. The fourth-order valence-electron chi connectivity index (χ4n) is 2.47. The Morgan fingerprint density at radius 1 is 1.40 bits per heavy atom. The third-order valence-electron chi connectivity index (χ3n) is 3.52. The molecule has 20 heavy (non-hydrogen) atoms. The fourth-order valence-corrected chi connectivity index (χ4v) is 3.54. The number of nitrogens with one attached hydrogen (secondary N) is 2. The second-order valence-electron chi connectivity index (χ2n) is 5.01. The Morgan fingerprint density at radius 2 is 2.20 bits per heavy atom. The molecule has 112 valence electrons. The molecular weight excluding hydrogens is 276 g/mol. The van der Waals surface area contributed by atoms with Crippen LogP contribution in [-0.4, -0.2) is 41.0 Å². The first-order valence-electron chi connectivity index (χ1n) is 6.91. The van der Waals surface area contributed by atoms with Crippen molar-refractivity contribution in [3.63, 3.8) is 0 Å². The molecule has 0 spiro atoms. The highest BCUT2D eigenvalue weighted by Crippen LogP contribution is 2.32.